The molecule has 2 heterocycles. The Balaban J connectivity index is 1.93. The molecule has 4 heteroatoms. The van der Waals surface area contributed by atoms with Crippen LogP contribution in [0, 0.1) is 5.92 Å². The van der Waals surface area contributed by atoms with Gasteiger partial charge in [-0.1, -0.05) is 42.4 Å². The van der Waals surface area contributed by atoms with E-state index in [1.54, 1.807) is 6.20 Å². The maximum absolute atomic E-state index is 12.9. The quantitative estimate of drug-likeness (QED) is 0.874. The van der Waals surface area contributed by atoms with Gasteiger partial charge in [0.25, 0.3) is 0 Å². The molecule has 1 aromatic carbocycles. The lowest BCUT2D eigenvalue weighted by molar-refractivity contribution is -0.132. The number of nitrogens with zero attached hydrogens (tertiary/aromatic N) is 1. The third-order valence-corrected chi connectivity index (χ3v) is 5.23. The molecular weight excluding hydrogens is 264 g/mol. The van der Waals surface area contributed by atoms with Crippen molar-refractivity contribution in [3.63, 3.8) is 0 Å². The van der Waals surface area contributed by atoms with E-state index in [4.69, 9.17) is 4.52 Å². The second kappa shape index (κ2) is 4.45. The fourth-order valence-corrected chi connectivity index (χ4v) is 4.25. The SMILES string of the molecule is C[C@@H]1c2oncc2C[C@]2(c3ccccc3)C(=O)NCC[C@@H]12. The predicted molar refractivity (Wildman–Crippen MR) is 77.9 cm³/mol. The first kappa shape index (κ1) is 12.6. The number of carbonyl (C=O) groups is 1. The molecule has 1 aliphatic carbocycles. The summed E-state index contributed by atoms with van der Waals surface area (Å²) >= 11 is 0. The zero-order chi connectivity index (χ0) is 14.4. The average Bonchev–Trinajstić information content (AvgIpc) is 2.98. The largest absolute Gasteiger partial charge is 0.361 e. The molecule has 4 rings (SSSR count). The zero-order valence-electron chi connectivity index (χ0n) is 12.0. The smallest absolute Gasteiger partial charge is 0.231 e. The van der Waals surface area contributed by atoms with Crippen molar-refractivity contribution in [3.8, 4) is 0 Å². The van der Waals surface area contributed by atoms with Crippen LogP contribution in [0.15, 0.2) is 41.1 Å². The number of hydrogen-bond acceptors (Lipinski definition) is 3. The molecule has 1 fully saturated rings. The maximum atomic E-state index is 12.9. The molecule has 0 spiro atoms. The fourth-order valence-electron chi connectivity index (χ4n) is 4.25. The van der Waals surface area contributed by atoms with Crippen LogP contribution in [0.3, 0.4) is 0 Å². The summed E-state index contributed by atoms with van der Waals surface area (Å²) in [5, 5.41) is 7.03. The number of fused-ring (bicyclic) bond motifs is 2. The Labute approximate surface area is 123 Å². The van der Waals surface area contributed by atoms with E-state index >= 15 is 0 Å². The van der Waals surface area contributed by atoms with Gasteiger partial charge >= 0.3 is 0 Å². The van der Waals surface area contributed by atoms with Crippen molar-refractivity contribution in [2.45, 2.75) is 31.1 Å². The first-order chi connectivity index (χ1) is 10.2. The normalized spacial score (nSPS) is 31.2. The van der Waals surface area contributed by atoms with Crippen molar-refractivity contribution in [2.75, 3.05) is 6.54 Å². The van der Waals surface area contributed by atoms with Gasteiger partial charge in [0.05, 0.1) is 11.6 Å². The predicted octanol–water partition coefficient (Wildman–Crippen LogP) is 2.41. The van der Waals surface area contributed by atoms with Crippen molar-refractivity contribution in [3.05, 3.63) is 53.4 Å². The number of hydrogen-bond donors (Lipinski definition) is 1. The Hall–Kier alpha value is -2.10. The van der Waals surface area contributed by atoms with E-state index < -0.39 is 5.41 Å². The van der Waals surface area contributed by atoms with Gasteiger partial charge in [0, 0.05) is 18.0 Å². The summed E-state index contributed by atoms with van der Waals surface area (Å²) in [6, 6.07) is 10.2. The van der Waals surface area contributed by atoms with Crippen molar-refractivity contribution < 1.29 is 9.32 Å². The molecular formula is C17H18N2O2. The van der Waals surface area contributed by atoms with Crippen molar-refractivity contribution in [1.29, 1.82) is 0 Å². The molecule has 1 amide bonds. The summed E-state index contributed by atoms with van der Waals surface area (Å²) in [4.78, 5) is 12.9. The number of aromatic nitrogens is 1. The number of carbonyl (C=O) groups excluding carboxylic acids is 1. The van der Waals surface area contributed by atoms with Crippen LogP contribution in [0.25, 0.3) is 0 Å². The molecule has 1 aliphatic heterocycles. The summed E-state index contributed by atoms with van der Waals surface area (Å²) in [5.41, 5.74) is 1.68. The van der Waals surface area contributed by atoms with Crippen molar-refractivity contribution in [2.24, 2.45) is 5.92 Å². The molecule has 0 bridgehead atoms. The van der Waals surface area contributed by atoms with Gasteiger partial charge in [-0.25, -0.2) is 0 Å². The first-order valence-corrected chi connectivity index (χ1v) is 7.51. The Morgan fingerprint density at radius 1 is 1.33 bits per heavy atom. The minimum atomic E-state index is -0.489. The fraction of sp³-hybridized carbons (Fsp3) is 0.412. The third kappa shape index (κ3) is 1.62. The number of rotatable bonds is 1. The van der Waals surface area contributed by atoms with E-state index in [2.05, 4.69) is 29.5 Å². The Kier molecular flexibility index (Phi) is 2.67. The number of nitrogens with one attached hydrogen (secondary N) is 1. The van der Waals surface area contributed by atoms with Gasteiger partial charge in [-0.05, 0) is 24.3 Å². The average molecular weight is 282 g/mol. The van der Waals surface area contributed by atoms with E-state index in [1.165, 1.54) is 0 Å². The van der Waals surface area contributed by atoms with E-state index in [1.807, 2.05) is 18.2 Å². The van der Waals surface area contributed by atoms with Crippen LogP contribution in [0.2, 0.25) is 0 Å². The van der Waals surface area contributed by atoms with Crippen LogP contribution >= 0.6 is 0 Å². The summed E-state index contributed by atoms with van der Waals surface area (Å²) in [5.74, 6) is 1.57. The van der Waals surface area contributed by atoms with E-state index in [0.717, 1.165) is 29.9 Å². The highest BCUT2D eigenvalue weighted by atomic mass is 16.5. The van der Waals surface area contributed by atoms with Crippen molar-refractivity contribution >= 4 is 5.91 Å². The van der Waals surface area contributed by atoms with Crippen LogP contribution in [-0.4, -0.2) is 17.6 Å². The number of benzene rings is 1. The molecule has 1 saturated heterocycles. The molecule has 2 aromatic rings. The van der Waals surface area contributed by atoms with Gasteiger partial charge in [-0.3, -0.25) is 4.79 Å². The maximum Gasteiger partial charge on any atom is 0.231 e. The first-order valence-electron chi connectivity index (χ1n) is 7.51. The summed E-state index contributed by atoms with van der Waals surface area (Å²) in [6.45, 7) is 2.90. The van der Waals surface area contributed by atoms with Gasteiger partial charge in [0.15, 0.2) is 0 Å². The summed E-state index contributed by atoms with van der Waals surface area (Å²) in [7, 11) is 0. The third-order valence-electron chi connectivity index (χ3n) is 5.23. The zero-order valence-corrected chi connectivity index (χ0v) is 12.0. The summed E-state index contributed by atoms with van der Waals surface area (Å²) < 4.78 is 5.45. The Bertz CT molecular complexity index is 679. The van der Waals surface area contributed by atoms with Crippen LogP contribution < -0.4 is 5.32 Å². The molecule has 3 atom stereocenters. The molecule has 21 heavy (non-hydrogen) atoms. The van der Waals surface area contributed by atoms with Crippen LogP contribution in [0.4, 0.5) is 0 Å². The lowest BCUT2D eigenvalue weighted by Gasteiger charge is -2.48. The van der Waals surface area contributed by atoms with E-state index in [-0.39, 0.29) is 17.7 Å². The molecule has 0 radical (unpaired) electrons. The molecule has 1 aromatic heterocycles. The van der Waals surface area contributed by atoms with Gasteiger partial charge in [-0.15, -0.1) is 0 Å². The monoisotopic (exact) mass is 282 g/mol. The lowest BCUT2D eigenvalue weighted by Crippen LogP contribution is -2.58. The molecule has 1 N–H and O–H groups in total. The second-order valence-corrected chi connectivity index (χ2v) is 6.17. The van der Waals surface area contributed by atoms with Gasteiger partial charge in [0.1, 0.15) is 5.76 Å². The molecule has 0 saturated carbocycles. The number of piperidine rings is 1. The molecule has 108 valence electrons. The van der Waals surface area contributed by atoms with Crippen LogP contribution in [0.5, 0.6) is 0 Å². The van der Waals surface area contributed by atoms with E-state index in [9.17, 15) is 4.79 Å². The van der Waals surface area contributed by atoms with Crippen LogP contribution in [-0.2, 0) is 16.6 Å². The Morgan fingerprint density at radius 2 is 2.14 bits per heavy atom. The molecule has 4 nitrogen and oxygen atoms in total. The second-order valence-electron chi connectivity index (χ2n) is 6.17. The lowest BCUT2D eigenvalue weighted by atomic mass is 9.56. The van der Waals surface area contributed by atoms with E-state index in [0.29, 0.717) is 6.42 Å². The highest BCUT2D eigenvalue weighted by Gasteiger charge is 2.55. The van der Waals surface area contributed by atoms with Crippen LogP contribution in [0.1, 0.15) is 36.1 Å². The molecule has 2 aliphatic rings. The van der Waals surface area contributed by atoms with Gasteiger partial charge < -0.3 is 9.84 Å². The highest BCUT2D eigenvalue weighted by Crippen LogP contribution is 2.51. The van der Waals surface area contributed by atoms with Gasteiger partial charge in [0.2, 0.25) is 5.91 Å². The van der Waals surface area contributed by atoms with Gasteiger partial charge in [-0.2, -0.15) is 0 Å². The molecule has 0 unspecified atom stereocenters. The minimum Gasteiger partial charge on any atom is -0.361 e. The highest BCUT2D eigenvalue weighted by molar-refractivity contribution is 5.90. The number of amides is 1. The minimum absolute atomic E-state index is 0.142. The Morgan fingerprint density at radius 3 is 2.95 bits per heavy atom. The standard InChI is InChI=1S/C17H18N2O2/c1-11-14-7-8-18-16(20)17(14,13-5-3-2-4-6-13)9-12-10-19-21-15(11)12/h2-6,10-11,14H,7-9H2,1H3,(H,18,20)/t11-,14-,17+/m0/s1. The van der Waals surface area contributed by atoms with Crippen molar-refractivity contribution in [1.82, 2.24) is 10.5 Å². The summed E-state index contributed by atoms with van der Waals surface area (Å²) in [6.07, 6.45) is 3.42. The topological polar surface area (TPSA) is 55.1 Å².